The average molecular weight is 495 g/mol. The topological polar surface area (TPSA) is 79.0 Å². The number of benzene rings is 1. The summed E-state index contributed by atoms with van der Waals surface area (Å²) in [6.45, 7) is 3.75. The summed E-state index contributed by atoms with van der Waals surface area (Å²) in [4.78, 5) is 33.2. The highest BCUT2D eigenvalue weighted by Gasteiger charge is 2.44. The lowest BCUT2D eigenvalue weighted by molar-refractivity contribution is -0.138. The molecule has 1 saturated heterocycles. The Hall–Kier alpha value is -3.46. The van der Waals surface area contributed by atoms with E-state index in [-0.39, 0.29) is 18.1 Å². The van der Waals surface area contributed by atoms with Crippen LogP contribution in [0.15, 0.2) is 36.7 Å². The number of pyridine rings is 1. The van der Waals surface area contributed by atoms with Crippen molar-refractivity contribution in [2.75, 3.05) is 13.1 Å². The van der Waals surface area contributed by atoms with Crippen molar-refractivity contribution in [1.82, 2.24) is 14.5 Å². The van der Waals surface area contributed by atoms with Gasteiger partial charge in [0.1, 0.15) is 5.65 Å². The molecular formula is C31H34N4O2. The van der Waals surface area contributed by atoms with Gasteiger partial charge in [0.25, 0.3) is 0 Å². The molecule has 1 amide bonds. The van der Waals surface area contributed by atoms with E-state index in [1.165, 1.54) is 24.8 Å². The third kappa shape index (κ3) is 4.25. The molecule has 2 aromatic heterocycles. The summed E-state index contributed by atoms with van der Waals surface area (Å²) in [6.07, 6.45) is 11.2. The molecule has 6 nitrogen and oxygen atoms in total. The maximum absolute atomic E-state index is 13.3. The van der Waals surface area contributed by atoms with Crippen LogP contribution in [-0.2, 0) is 18.3 Å². The molecule has 3 aliphatic rings. The summed E-state index contributed by atoms with van der Waals surface area (Å²) in [5, 5.41) is 10.3. The number of aromatic nitrogens is 2. The van der Waals surface area contributed by atoms with Gasteiger partial charge >= 0.3 is 0 Å². The normalized spacial score (nSPS) is 23.5. The standard InChI is InChI=1S/C31H34N4O2/c1-19-25(15-28(36)24-5-3-4-21(13-24)16-32)17-33-30-29(19)27(18-34(30)2)22-8-10-35(11-9-22)31(37)26-14-20-6-7-23(26)12-20/h3-5,13,17-18,20,22-23,26H,6-12,14-15H2,1-2H3/t20-,23?,26?/m1/s1. The molecule has 3 fully saturated rings. The number of hydrogen-bond donors (Lipinski definition) is 0. The van der Waals surface area contributed by atoms with Crippen LogP contribution in [-0.4, -0.2) is 39.2 Å². The van der Waals surface area contributed by atoms with Crippen molar-refractivity contribution >= 4 is 22.7 Å². The lowest BCUT2D eigenvalue weighted by Gasteiger charge is -2.35. The second kappa shape index (κ2) is 9.45. The van der Waals surface area contributed by atoms with Gasteiger partial charge in [-0.25, -0.2) is 4.98 Å². The number of nitriles is 1. The van der Waals surface area contributed by atoms with Gasteiger partial charge in [0, 0.05) is 55.8 Å². The SMILES string of the molecule is Cc1c(CC(=O)c2cccc(C#N)c2)cnc2c1c(C1CCN(C(=O)C3C[C@@H]4CCC3C4)CC1)cn2C. The predicted octanol–water partition coefficient (Wildman–Crippen LogP) is 5.32. The van der Waals surface area contributed by atoms with Crippen molar-refractivity contribution in [3.05, 3.63) is 64.5 Å². The number of fused-ring (bicyclic) bond motifs is 3. The van der Waals surface area contributed by atoms with Crippen molar-refractivity contribution < 1.29 is 9.59 Å². The molecule has 6 rings (SSSR count). The Labute approximate surface area is 218 Å². The van der Waals surface area contributed by atoms with Crippen molar-refractivity contribution in [1.29, 1.82) is 5.26 Å². The molecular weight excluding hydrogens is 460 g/mol. The Balaban J connectivity index is 1.21. The summed E-state index contributed by atoms with van der Waals surface area (Å²) in [5.41, 5.74) is 5.30. The maximum Gasteiger partial charge on any atom is 0.225 e. The lowest BCUT2D eigenvalue weighted by atomic mass is 9.85. The van der Waals surface area contributed by atoms with Gasteiger partial charge in [-0.2, -0.15) is 5.26 Å². The van der Waals surface area contributed by atoms with Gasteiger partial charge in [-0.1, -0.05) is 18.6 Å². The minimum Gasteiger partial charge on any atom is -0.342 e. The number of amides is 1. The molecule has 0 N–H and O–H groups in total. The number of Topliss-reactive ketones (excluding diaryl/α,β-unsaturated/α-hetero) is 1. The van der Waals surface area contributed by atoms with Crippen LogP contribution in [0.2, 0.25) is 0 Å². The molecule has 0 radical (unpaired) electrons. The number of ketones is 1. The molecule has 37 heavy (non-hydrogen) atoms. The van der Waals surface area contributed by atoms with Gasteiger partial charge in [0.2, 0.25) is 5.91 Å². The lowest BCUT2D eigenvalue weighted by Crippen LogP contribution is -2.42. The van der Waals surface area contributed by atoms with Gasteiger partial charge < -0.3 is 9.47 Å². The van der Waals surface area contributed by atoms with E-state index in [0.29, 0.717) is 28.9 Å². The summed E-state index contributed by atoms with van der Waals surface area (Å²) >= 11 is 0. The number of nitrogens with zero attached hydrogens (tertiary/aromatic N) is 4. The van der Waals surface area contributed by atoms with E-state index >= 15 is 0 Å². The highest BCUT2D eigenvalue weighted by Crippen LogP contribution is 2.49. The Kier molecular flexibility index (Phi) is 6.10. The first-order chi connectivity index (χ1) is 17.9. The molecule has 2 unspecified atom stereocenters. The zero-order chi connectivity index (χ0) is 25.7. The van der Waals surface area contributed by atoms with Crippen LogP contribution in [0.3, 0.4) is 0 Å². The first kappa shape index (κ1) is 23.9. The van der Waals surface area contributed by atoms with Crippen molar-refractivity contribution in [2.24, 2.45) is 24.8 Å². The van der Waals surface area contributed by atoms with Crippen LogP contribution >= 0.6 is 0 Å². The molecule has 2 aliphatic carbocycles. The fraction of sp³-hybridized carbons (Fsp3) is 0.484. The quantitative estimate of drug-likeness (QED) is 0.450. The first-order valence-corrected chi connectivity index (χ1v) is 13.7. The average Bonchev–Trinajstić information content (AvgIpc) is 3.65. The smallest absolute Gasteiger partial charge is 0.225 e. The predicted molar refractivity (Wildman–Crippen MR) is 142 cm³/mol. The van der Waals surface area contributed by atoms with E-state index in [1.54, 1.807) is 24.3 Å². The number of piperidine rings is 1. The summed E-state index contributed by atoms with van der Waals surface area (Å²) in [5.74, 6) is 2.47. The van der Waals surface area contributed by atoms with Gasteiger partial charge in [-0.3, -0.25) is 9.59 Å². The van der Waals surface area contributed by atoms with Crippen LogP contribution in [0, 0.1) is 36.0 Å². The number of rotatable bonds is 5. The molecule has 0 spiro atoms. The third-order valence-corrected chi connectivity index (χ3v) is 9.34. The van der Waals surface area contributed by atoms with Crippen LogP contribution < -0.4 is 0 Å². The van der Waals surface area contributed by atoms with E-state index < -0.39 is 0 Å². The molecule has 3 heterocycles. The minimum atomic E-state index is -0.00809. The van der Waals surface area contributed by atoms with Crippen LogP contribution in [0.5, 0.6) is 0 Å². The molecule has 1 aromatic carbocycles. The van der Waals surface area contributed by atoms with E-state index in [2.05, 4.69) is 28.7 Å². The second-order valence-corrected chi connectivity index (χ2v) is 11.5. The van der Waals surface area contributed by atoms with E-state index in [9.17, 15) is 14.9 Å². The first-order valence-electron chi connectivity index (χ1n) is 13.7. The fourth-order valence-electron chi connectivity index (χ4n) is 7.29. The number of hydrogen-bond acceptors (Lipinski definition) is 4. The van der Waals surface area contributed by atoms with Crippen LogP contribution in [0.4, 0.5) is 0 Å². The fourth-order valence-corrected chi connectivity index (χ4v) is 7.29. The molecule has 3 atom stereocenters. The molecule has 2 saturated carbocycles. The Bertz CT molecular complexity index is 1420. The maximum atomic E-state index is 13.3. The van der Waals surface area contributed by atoms with Gasteiger partial charge in [-0.15, -0.1) is 0 Å². The van der Waals surface area contributed by atoms with Crippen molar-refractivity contribution in [2.45, 2.75) is 57.8 Å². The number of likely N-dealkylation sites (tertiary alicyclic amines) is 1. The summed E-state index contributed by atoms with van der Waals surface area (Å²) in [7, 11) is 2.03. The zero-order valence-corrected chi connectivity index (χ0v) is 21.7. The molecule has 190 valence electrons. The van der Waals surface area contributed by atoms with E-state index in [1.807, 2.05) is 13.2 Å². The third-order valence-electron chi connectivity index (χ3n) is 9.34. The van der Waals surface area contributed by atoms with Gasteiger partial charge in [0.05, 0.1) is 11.6 Å². The molecule has 1 aliphatic heterocycles. The number of aryl methyl sites for hydroxylation is 2. The monoisotopic (exact) mass is 494 g/mol. The minimum absolute atomic E-state index is 0.00809. The Morgan fingerprint density at radius 1 is 1.14 bits per heavy atom. The summed E-state index contributed by atoms with van der Waals surface area (Å²) < 4.78 is 2.09. The second-order valence-electron chi connectivity index (χ2n) is 11.5. The molecule has 2 bridgehead atoms. The highest BCUT2D eigenvalue weighted by molar-refractivity contribution is 5.98. The highest BCUT2D eigenvalue weighted by atomic mass is 16.2. The number of carbonyl (C=O) groups excluding carboxylic acids is 2. The van der Waals surface area contributed by atoms with Crippen molar-refractivity contribution in [3.63, 3.8) is 0 Å². The van der Waals surface area contributed by atoms with Crippen molar-refractivity contribution in [3.8, 4) is 6.07 Å². The Morgan fingerprint density at radius 2 is 1.95 bits per heavy atom. The van der Waals surface area contributed by atoms with Crippen LogP contribution in [0.1, 0.15) is 77.1 Å². The van der Waals surface area contributed by atoms with Gasteiger partial charge in [0.15, 0.2) is 5.78 Å². The van der Waals surface area contributed by atoms with Gasteiger partial charge in [-0.05, 0) is 85.6 Å². The Morgan fingerprint density at radius 3 is 2.65 bits per heavy atom. The zero-order valence-electron chi connectivity index (χ0n) is 21.7. The molecule has 3 aromatic rings. The van der Waals surface area contributed by atoms with Crippen LogP contribution in [0.25, 0.3) is 11.0 Å². The van der Waals surface area contributed by atoms with E-state index in [4.69, 9.17) is 4.98 Å². The largest absolute Gasteiger partial charge is 0.342 e. The summed E-state index contributed by atoms with van der Waals surface area (Å²) in [6, 6.07) is 9.00. The number of carbonyl (C=O) groups is 2. The molecule has 6 heteroatoms. The van der Waals surface area contributed by atoms with E-state index in [0.717, 1.165) is 60.4 Å².